The summed E-state index contributed by atoms with van der Waals surface area (Å²) in [5, 5.41) is 17.4. The van der Waals surface area contributed by atoms with Crippen LogP contribution in [0.5, 0.6) is 11.5 Å². The summed E-state index contributed by atoms with van der Waals surface area (Å²) >= 11 is 0. The van der Waals surface area contributed by atoms with Gasteiger partial charge in [0.2, 0.25) is 11.6 Å². The highest BCUT2D eigenvalue weighted by atomic mass is 16.5. The molecule has 28 heavy (non-hydrogen) atoms. The third-order valence-electron chi connectivity index (χ3n) is 6.11. The van der Waals surface area contributed by atoms with E-state index in [1.165, 1.54) is 0 Å². The minimum atomic E-state index is -0.558. The lowest BCUT2D eigenvalue weighted by atomic mass is 9.90. The van der Waals surface area contributed by atoms with Crippen molar-refractivity contribution in [3.63, 3.8) is 0 Å². The van der Waals surface area contributed by atoms with Gasteiger partial charge in [0.05, 0.1) is 11.8 Å². The Hall–Kier alpha value is -3.02. The molecule has 0 unspecified atom stereocenters. The Balaban J connectivity index is 1.56. The second-order valence-corrected chi connectivity index (χ2v) is 7.72. The van der Waals surface area contributed by atoms with Crippen molar-refractivity contribution in [1.82, 2.24) is 9.91 Å². The fraction of sp³-hybridized carbons (Fsp3) is 0.364. The van der Waals surface area contributed by atoms with Gasteiger partial charge in [-0.1, -0.05) is 30.3 Å². The quantitative estimate of drug-likeness (QED) is 0.828. The summed E-state index contributed by atoms with van der Waals surface area (Å²) in [6.45, 7) is 2.92. The fourth-order valence-electron chi connectivity index (χ4n) is 4.61. The molecule has 3 aliphatic heterocycles. The number of hydrazone groups is 1. The van der Waals surface area contributed by atoms with Gasteiger partial charge >= 0.3 is 0 Å². The van der Waals surface area contributed by atoms with E-state index in [1.807, 2.05) is 41.3 Å². The number of fused-ring (bicyclic) bond motifs is 4. The Morgan fingerprint density at radius 3 is 2.61 bits per heavy atom. The van der Waals surface area contributed by atoms with Crippen molar-refractivity contribution in [3.8, 4) is 11.5 Å². The number of ether oxygens (including phenoxy) is 1. The minimum Gasteiger partial charge on any atom is -0.507 e. The molecule has 0 bridgehead atoms. The Bertz CT molecular complexity index is 963. The molecule has 6 heteroatoms. The third-order valence-corrected chi connectivity index (χ3v) is 6.11. The summed E-state index contributed by atoms with van der Waals surface area (Å²) < 4.78 is 6.54. The van der Waals surface area contributed by atoms with Crippen LogP contribution in [-0.2, 0) is 4.79 Å². The zero-order valence-corrected chi connectivity index (χ0v) is 15.8. The largest absolute Gasteiger partial charge is 0.507 e. The van der Waals surface area contributed by atoms with Crippen molar-refractivity contribution in [1.29, 1.82) is 0 Å². The molecule has 3 aliphatic rings. The number of rotatable bonds is 1. The first-order chi connectivity index (χ1) is 13.6. The van der Waals surface area contributed by atoms with Gasteiger partial charge in [-0.2, -0.15) is 5.10 Å². The number of carbonyl (C=O) groups is 1. The van der Waals surface area contributed by atoms with Crippen molar-refractivity contribution < 1.29 is 14.6 Å². The van der Waals surface area contributed by atoms with Gasteiger partial charge in [0.25, 0.3) is 0 Å². The van der Waals surface area contributed by atoms with Gasteiger partial charge in [0.1, 0.15) is 11.5 Å². The molecule has 0 aliphatic carbocycles. The minimum absolute atomic E-state index is 0.0726. The molecule has 1 N–H and O–H groups in total. The van der Waals surface area contributed by atoms with Crippen molar-refractivity contribution in [3.05, 3.63) is 59.7 Å². The van der Waals surface area contributed by atoms with Crippen molar-refractivity contribution in [2.45, 2.75) is 38.0 Å². The molecule has 1 spiro atoms. The molecule has 2 aromatic rings. The van der Waals surface area contributed by atoms with Crippen LogP contribution in [0.2, 0.25) is 0 Å². The maximum atomic E-state index is 11.8. The van der Waals surface area contributed by atoms with Crippen molar-refractivity contribution in [2.75, 3.05) is 13.1 Å². The van der Waals surface area contributed by atoms with Crippen LogP contribution in [0.4, 0.5) is 0 Å². The normalized spacial score (nSPS) is 22.3. The number of nitrogens with zero attached hydrogens (tertiary/aromatic N) is 3. The molecule has 1 atom stereocenters. The van der Waals surface area contributed by atoms with E-state index in [2.05, 4.69) is 11.1 Å². The second-order valence-electron chi connectivity index (χ2n) is 7.72. The van der Waals surface area contributed by atoms with Crippen LogP contribution in [0.25, 0.3) is 0 Å². The molecule has 144 valence electrons. The van der Waals surface area contributed by atoms with Crippen LogP contribution in [0.3, 0.4) is 0 Å². The molecular weight excluding hydrogens is 354 g/mol. The van der Waals surface area contributed by atoms with E-state index in [0.29, 0.717) is 25.9 Å². The number of aromatic hydroxyl groups is 1. The van der Waals surface area contributed by atoms with Crippen molar-refractivity contribution >= 4 is 11.6 Å². The van der Waals surface area contributed by atoms with Gasteiger partial charge in [-0.15, -0.1) is 0 Å². The van der Waals surface area contributed by atoms with E-state index in [0.717, 1.165) is 29.0 Å². The van der Waals surface area contributed by atoms with E-state index in [1.54, 1.807) is 13.0 Å². The number of hydrogen-bond donors (Lipinski definition) is 1. The van der Waals surface area contributed by atoms with Gasteiger partial charge in [-0.3, -0.25) is 4.79 Å². The number of piperidine rings is 1. The SMILES string of the molecule is CC(=O)N1CCC2(CC1)Oc1ccccc1[C@H]1CC(c3ccccc3O)=NN12. The average molecular weight is 377 g/mol. The summed E-state index contributed by atoms with van der Waals surface area (Å²) in [6.07, 6.45) is 2.13. The molecule has 3 heterocycles. The van der Waals surface area contributed by atoms with Crippen LogP contribution < -0.4 is 4.74 Å². The summed E-state index contributed by atoms with van der Waals surface area (Å²) in [7, 11) is 0. The Morgan fingerprint density at radius 2 is 1.86 bits per heavy atom. The van der Waals surface area contributed by atoms with Gasteiger partial charge in [-0.05, 0) is 18.2 Å². The number of phenols is 1. The summed E-state index contributed by atoms with van der Waals surface area (Å²) in [6, 6.07) is 15.5. The maximum Gasteiger partial charge on any atom is 0.219 e. The third kappa shape index (κ3) is 2.55. The number of phenolic OH excluding ortho intramolecular Hbond substituents is 1. The molecule has 6 nitrogen and oxygen atoms in total. The highest BCUT2D eigenvalue weighted by molar-refractivity contribution is 6.04. The smallest absolute Gasteiger partial charge is 0.219 e. The van der Waals surface area contributed by atoms with Gasteiger partial charge < -0.3 is 14.7 Å². The first kappa shape index (κ1) is 17.1. The van der Waals surface area contributed by atoms with Crippen LogP contribution >= 0.6 is 0 Å². The Morgan fingerprint density at radius 1 is 1.14 bits per heavy atom. The number of carbonyl (C=O) groups excluding carboxylic acids is 1. The first-order valence-electron chi connectivity index (χ1n) is 9.76. The average Bonchev–Trinajstić information content (AvgIpc) is 3.15. The molecule has 5 rings (SSSR count). The number of likely N-dealkylation sites (tertiary alicyclic amines) is 1. The topological polar surface area (TPSA) is 65.4 Å². The van der Waals surface area contributed by atoms with Crippen LogP contribution in [-0.4, -0.2) is 45.4 Å². The first-order valence-corrected chi connectivity index (χ1v) is 9.76. The number of hydrogen-bond acceptors (Lipinski definition) is 5. The maximum absolute atomic E-state index is 11.8. The molecule has 2 aromatic carbocycles. The number of para-hydroxylation sites is 2. The Kier molecular flexibility index (Phi) is 3.82. The second kappa shape index (κ2) is 6.26. The zero-order chi connectivity index (χ0) is 19.3. The number of benzene rings is 2. The van der Waals surface area contributed by atoms with E-state index in [9.17, 15) is 9.90 Å². The monoisotopic (exact) mass is 377 g/mol. The molecule has 1 saturated heterocycles. The summed E-state index contributed by atoms with van der Waals surface area (Å²) in [4.78, 5) is 13.7. The predicted molar refractivity (Wildman–Crippen MR) is 105 cm³/mol. The van der Waals surface area contributed by atoms with Gasteiger partial charge in [0, 0.05) is 50.4 Å². The van der Waals surface area contributed by atoms with E-state index >= 15 is 0 Å². The lowest BCUT2D eigenvalue weighted by molar-refractivity contribution is -0.158. The fourth-order valence-corrected chi connectivity index (χ4v) is 4.61. The molecule has 1 fully saturated rings. The molecule has 0 saturated carbocycles. The summed E-state index contributed by atoms with van der Waals surface area (Å²) in [5.41, 5.74) is 2.20. The summed E-state index contributed by atoms with van der Waals surface area (Å²) in [5.74, 6) is 1.24. The lowest BCUT2D eigenvalue weighted by Crippen LogP contribution is -2.59. The van der Waals surface area contributed by atoms with E-state index in [-0.39, 0.29) is 17.7 Å². The lowest BCUT2D eigenvalue weighted by Gasteiger charge is -2.51. The molecule has 1 amide bonds. The Labute approximate surface area is 164 Å². The highest BCUT2D eigenvalue weighted by Gasteiger charge is 2.52. The molecule has 0 radical (unpaired) electrons. The standard InChI is InChI=1S/C22H23N3O3/c1-15(26)24-12-10-22(11-13-24)25-19(17-7-3-5-9-21(17)28-22)14-18(23-25)16-6-2-4-8-20(16)27/h2-9,19,27H,10-14H2,1H3/t19-/m1/s1. The van der Waals surface area contributed by atoms with E-state index in [4.69, 9.17) is 9.84 Å². The molecule has 0 aromatic heterocycles. The van der Waals surface area contributed by atoms with Crippen molar-refractivity contribution in [2.24, 2.45) is 5.10 Å². The van der Waals surface area contributed by atoms with Gasteiger partial charge in [-0.25, -0.2) is 5.01 Å². The molecular formula is C22H23N3O3. The van der Waals surface area contributed by atoms with Crippen LogP contribution in [0.1, 0.15) is 43.4 Å². The highest BCUT2D eigenvalue weighted by Crippen LogP contribution is 2.50. The van der Waals surface area contributed by atoms with Crippen LogP contribution in [0, 0.1) is 0 Å². The number of amides is 1. The zero-order valence-electron chi connectivity index (χ0n) is 15.8. The predicted octanol–water partition coefficient (Wildman–Crippen LogP) is 3.27. The van der Waals surface area contributed by atoms with Gasteiger partial charge in [0.15, 0.2) is 0 Å². The van der Waals surface area contributed by atoms with Crippen LogP contribution in [0.15, 0.2) is 53.6 Å². The van der Waals surface area contributed by atoms with E-state index < -0.39 is 5.72 Å².